The van der Waals surface area contributed by atoms with Crippen molar-refractivity contribution in [2.24, 2.45) is 11.8 Å². The first-order valence-corrected chi connectivity index (χ1v) is 7.66. The van der Waals surface area contributed by atoms with Crippen LogP contribution < -0.4 is 0 Å². The van der Waals surface area contributed by atoms with Crippen LogP contribution in [0.2, 0.25) is 0 Å². The summed E-state index contributed by atoms with van der Waals surface area (Å²) in [7, 11) is 0. The maximum atomic E-state index is 3.57. The highest BCUT2D eigenvalue weighted by atomic mass is 79.9. The fourth-order valence-corrected chi connectivity index (χ4v) is 2.80. The van der Waals surface area contributed by atoms with Crippen LogP contribution in [0.1, 0.15) is 46.0 Å². The first-order chi connectivity index (χ1) is 7.26. The maximum Gasteiger partial charge on any atom is 0.00692 e. The van der Waals surface area contributed by atoms with Gasteiger partial charge in [-0.05, 0) is 44.2 Å². The molecule has 0 aliphatic carbocycles. The molecule has 0 saturated carbocycles. The van der Waals surface area contributed by atoms with E-state index in [9.17, 15) is 0 Å². The second kappa shape index (κ2) is 7.67. The van der Waals surface area contributed by atoms with Crippen molar-refractivity contribution in [3.8, 4) is 0 Å². The number of nitrogens with zero attached hydrogens (tertiary/aromatic N) is 1. The third-order valence-electron chi connectivity index (χ3n) is 3.47. The molecule has 0 aromatic heterocycles. The topological polar surface area (TPSA) is 3.24 Å². The third-order valence-corrected chi connectivity index (χ3v) is 4.58. The molecule has 1 heterocycles. The first-order valence-electron chi connectivity index (χ1n) is 6.54. The summed E-state index contributed by atoms with van der Waals surface area (Å²) in [4.78, 5) is 2.67. The van der Waals surface area contributed by atoms with E-state index in [4.69, 9.17) is 0 Å². The van der Waals surface area contributed by atoms with Gasteiger partial charge in [0.2, 0.25) is 0 Å². The predicted molar refractivity (Wildman–Crippen MR) is 71.6 cm³/mol. The SMILES string of the molecule is CCCC1CCCN(CC(C)CBr)CC1. The number of halogens is 1. The number of hydrogen-bond donors (Lipinski definition) is 0. The molecule has 1 aliphatic heterocycles. The summed E-state index contributed by atoms with van der Waals surface area (Å²) in [6, 6.07) is 0. The van der Waals surface area contributed by atoms with Gasteiger partial charge in [0.25, 0.3) is 0 Å². The fourth-order valence-electron chi connectivity index (χ4n) is 2.59. The molecule has 0 spiro atoms. The molecule has 0 aromatic rings. The number of hydrogen-bond acceptors (Lipinski definition) is 1. The minimum Gasteiger partial charge on any atom is -0.303 e. The van der Waals surface area contributed by atoms with Crippen LogP contribution in [0.4, 0.5) is 0 Å². The highest BCUT2D eigenvalue weighted by Crippen LogP contribution is 2.22. The zero-order chi connectivity index (χ0) is 11.1. The van der Waals surface area contributed by atoms with Gasteiger partial charge in [-0.15, -0.1) is 0 Å². The smallest absolute Gasteiger partial charge is 0.00692 e. The third kappa shape index (κ3) is 5.35. The average Bonchev–Trinajstić information content (AvgIpc) is 2.45. The van der Waals surface area contributed by atoms with Crippen molar-refractivity contribution in [1.82, 2.24) is 4.90 Å². The Morgan fingerprint density at radius 2 is 2.13 bits per heavy atom. The van der Waals surface area contributed by atoms with E-state index in [2.05, 4.69) is 34.7 Å². The molecule has 2 unspecified atom stereocenters. The number of rotatable bonds is 5. The van der Waals surface area contributed by atoms with Gasteiger partial charge in [-0.3, -0.25) is 0 Å². The molecule has 0 bridgehead atoms. The van der Waals surface area contributed by atoms with Crippen molar-refractivity contribution in [2.75, 3.05) is 25.0 Å². The van der Waals surface area contributed by atoms with Crippen molar-refractivity contribution in [1.29, 1.82) is 0 Å². The molecule has 1 rings (SSSR count). The summed E-state index contributed by atoms with van der Waals surface area (Å²) in [5.41, 5.74) is 0. The Morgan fingerprint density at radius 1 is 1.33 bits per heavy atom. The standard InChI is InChI=1S/C13H26BrN/c1-3-5-13-6-4-8-15(9-7-13)11-12(2)10-14/h12-13H,3-11H2,1-2H3. The second-order valence-electron chi connectivity index (χ2n) is 5.15. The Labute approximate surface area is 104 Å². The molecule has 15 heavy (non-hydrogen) atoms. The van der Waals surface area contributed by atoms with E-state index in [-0.39, 0.29) is 0 Å². The lowest BCUT2D eigenvalue weighted by atomic mass is 9.96. The molecular formula is C13H26BrN. The monoisotopic (exact) mass is 275 g/mol. The molecule has 1 nitrogen and oxygen atoms in total. The van der Waals surface area contributed by atoms with Crippen molar-refractivity contribution in [2.45, 2.75) is 46.0 Å². The second-order valence-corrected chi connectivity index (χ2v) is 5.79. The highest BCUT2D eigenvalue weighted by Gasteiger charge is 2.17. The Morgan fingerprint density at radius 3 is 2.80 bits per heavy atom. The molecule has 1 fully saturated rings. The van der Waals surface area contributed by atoms with E-state index in [0.29, 0.717) is 0 Å². The van der Waals surface area contributed by atoms with E-state index in [1.54, 1.807) is 0 Å². The van der Waals surface area contributed by atoms with E-state index in [1.165, 1.54) is 51.7 Å². The van der Waals surface area contributed by atoms with Gasteiger partial charge in [0, 0.05) is 11.9 Å². The van der Waals surface area contributed by atoms with Gasteiger partial charge in [0.1, 0.15) is 0 Å². The summed E-state index contributed by atoms with van der Waals surface area (Å²) < 4.78 is 0. The number of alkyl halides is 1. The van der Waals surface area contributed by atoms with Gasteiger partial charge in [0.05, 0.1) is 0 Å². The van der Waals surface area contributed by atoms with Crippen molar-refractivity contribution < 1.29 is 0 Å². The van der Waals surface area contributed by atoms with Gasteiger partial charge in [-0.2, -0.15) is 0 Å². The van der Waals surface area contributed by atoms with Crippen LogP contribution in [0.3, 0.4) is 0 Å². The molecule has 0 amide bonds. The van der Waals surface area contributed by atoms with Gasteiger partial charge in [-0.25, -0.2) is 0 Å². The van der Waals surface area contributed by atoms with Gasteiger partial charge < -0.3 is 4.90 Å². The van der Waals surface area contributed by atoms with Crippen LogP contribution in [0.15, 0.2) is 0 Å². The Kier molecular flexibility index (Phi) is 6.91. The lowest BCUT2D eigenvalue weighted by Gasteiger charge is -2.23. The molecule has 90 valence electrons. The van der Waals surface area contributed by atoms with E-state index < -0.39 is 0 Å². The summed E-state index contributed by atoms with van der Waals surface area (Å²) >= 11 is 3.57. The zero-order valence-corrected chi connectivity index (χ0v) is 11.9. The summed E-state index contributed by atoms with van der Waals surface area (Å²) in [5.74, 6) is 1.81. The fraction of sp³-hybridized carbons (Fsp3) is 1.00. The average molecular weight is 276 g/mol. The molecule has 1 saturated heterocycles. The molecular weight excluding hydrogens is 250 g/mol. The Bertz CT molecular complexity index is 161. The van der Waals surface area contributed by atoms with E-state index in [0.717, 1.165) is 17.2 Å². The Balaban J connectivity index is 2.26. The summed E-state index contributed by atoms with van der Waals surface area (Å²) in [6.45, 7) is 8.60. The van der Waals surface area contributed by atoms with Crippen molar-refractivity contribution >= 4 is 15.9 Å². The van der Waals surface area contributed by atoms with Crippen LogP contribution in [0.25, 0.3) is 0 Å². The highest BCUT2D eigenvalue weighted by molar-refractivity contribution is 9.09. The molecule has 2 heteroatoms. The Hall–Kier alpha value is 0.440. The van der Waals surface area contributed by atoms with Crippen molar-refractivity contribution in [3.63, 3.8) is 0 Å². The molecule has 1 aliphatic rings. The first kappa shape index (κ1) is 13.5. The van der Waals surface area contributed by atoms with Crippen LogP contribution in [-0.2, 0) is 0 Å². The molecule has 0 aromatic carbocycles. The maximum absolute atomic E-state index is 3.57. The van der Waals surface area contributed by atoms with Gasteiger partial charge in [-0.1, -0.05) is 42.6 Å². The summed E-state index contributed by atoms with van der Waals surface area (Å²) in [5, 5.41) is 1.14. The molecule has 0 radical (unpaired) electrons. The van der Waals surface area contributed by atoms with Crippen LogP contribution in [0, 0.1) is 11.8 Å². The molecule has 2 atom stereocenters. The predicted octanol–water partition coefficient (Wildman–Crippen LogP) is 3.92. The van der Waals surface area contributed by atoms with E-state index >= 15 is 0 Å². The van der Waals surface area contributed by atoms with Gasteiger partial charge in [0.15, 0.2) is 0 Å². The zero-order valence-electron chi connectivity index (χ0n) is 10.3. The van der Waals surface area contributed by atoms with Crippen LogP contribution in [0.5, 0.6) is 0 Å². The normalized spacial score (nSPS) is 26.2. The quantitative estimate of drug-likeness (QED) is 0.688. The minimum atomic E-state index is 0.799. The lowest BCUT2D eigenvalue weighted by Crippen LogP contribution is -2.30. The van der Waals surface area contributed by atoms with Crippen molar-refractivity contribution in [3.05, 3.63) is 0 Å². The van der Waals surface area contributed by atoms with Crippen LogP contribution in [-0.4, -0.2) is 29.9 Å². The minimum absolute atomic E-state index is 0.799. The van der Waals surface area contributed by atoms with Gasteiger partial charge >= 0.3 is 0 Å². The largest absolute Gasteiger partial charge is 0.303 e. The molecule has 0 N–H and O–H groups in total. The number of likely N-dealkylation sites (tertiary alicyclic amines) is 1. The van der Waals surface area contributed by atoms with Crippen LogP contribution >= 0.6 is 15.9 Å². The lowest BCUT2D eigenvalue weighted by molar-refractivity contribution is 0.251. The summed E-state index contributed by atoms with van der Waals surface area (Å²) in [6.07, 6.45) is 7.12. The van der Waals surface area contributed by atoms with E-state index in [1.807, 2.05) is 0 Å².